The van der Waals surface area contributed by atoms with Gasteiger partial charge in [-0.2, -0.15) is 15.2 Å². The lowest BCUT2D eigenvalue weighted by Gasteiger charge is -2.31. The maximum atomic E-state index is 12.8. The van der Waals surface area contributed by atoms with Crippen molar-refractivity contribution in [1.82, 2.24) is 30.3 Å². The monoisotopic (exact) mass is 449 g/mol. The molecule has 2 N–H and O–H groups in total. The molecule has 0 unspecified atom stereocenters. The number of benzene rings is 1. The summed E-state index contributed by atoms with van der Waals surface area (Å²) in [6.07, 6.45) is 3.64. The van der Waals surface area contributed by atoms with Gasteiger partial charge in [-0.1, -0.05) is 29.0 Å². The number of rotatable bonds is 5. The van der Waals surface area contributed by atoms with Crippen molar-refractivity contribution in [3.8, 4) is 5.69 Å². The van der Waals surface area contributed by atoms with E-state index in [0.29, 0.717) is 13.1 Å². The quantitative estimate of drug-likeness (QED) is 0.485. The molecule has 1 aliphatic heterocycles. The molecule has 1 aromatic carbocycles. The Morgan fingerprint density at radius 2 is 2.06 bits per heavy atom. The number of anilines is 1. The maximum Gasteiger partial charge on any atom is 0.225 e. The van der Waals surface area contributed by atoms with Crippen molar-refractivity contribution in [3.63, 3.8) is 0 Å². The molecule has 8 nitrogen and oxygen atoms in total. The molecule has 1 atom stereocenters. The third-order valence-corrected chi connectivity index (χ3v) is 7.32. The first-order valence-corrected chi connectivity index (χ1v) is 11.8. The molecule has 0 spiro atoms. The fourth-order valence-electron chi connectivity index (χ4n) is 4.17. The highest BCUT2D eigenvalue weighted by atomic mass is 32.1. The smallest absolute Gasteiger partial charge is 0.225 e. The Morgan fingerprint density at radius 1 is 1.25 bits per heavy atom. The molecule has 5 rings (SSSR count). The summed E-state index contributed by atoms with van der Waals surface area (Å²) in [6.45, 7) is 8.17. The van der Waals surface area contributed by atoms with E-state index in [0.717, 1.165) is 57.5 Å². The van der Waals surface area contributed by atoms with E-state index in [1.165, 1.54) is 5.56 Å². The lowest BCUT2D eigenvalue weighted by Crippen LogP contribution is -2.43. The second-order valence-electron chi connectivity index (χ2n) is 8.51. The molecular weight excluding hydrogens is 422 g/mol. The summed E-state index contributed by atoms with van der Waals surface area (Å²) >= 11 is 1.66. The van der Waals surface area contributed by atoms with Crippen LogP contribution in [-0.2, 0) is 11.3 Å². The molecular formula is C23H27N7OS. The van der Waals surface area contributed by atoms with Gasteiger partial charge < -0.3 is 10.2 Å². The Bertz CT molecular complexity index is 1250. The molecule has 1 fully saturated rings. The van der Waals surface area contributed by atoms with Crippen LogP contribution in [0.2, 0.25) is 0 Å². The Hall–Kier alpha value is -3.20. The zero-order valence-electron chi connectivity index (χ0n) is 18.6. The van der Waals surface area contributed by atoms with Crippen LogP contribution in [0.3, 0.4) is 0 Å². The van der Waals surface area contributed by atoms with Crippen LogP contribution >= 0.6 is 11.3 Å². The van der Waals surface area contributed by atoms with Gasteiger partial charge >= 0.3 is 0 Å². The van der Waals surface area contributed by atoms with Gasteiger partial charge in [-0.15, -0.1) is 0 Å². The zero-order valence-corrected chi connectivity index (χ0v) is 19.4. The van der Waals surface area contributed by atoms with E-state index in [-0.39, 0.29) is 11.8 Å². The molecule has 3 aromatic heterocycles. The number of amides is 1. The minimum Gasteiger partial charge on any atom is -0.352 e. The van der Waals surface area contributed by atoms with E-state index in [4.69, 9.17) is 10.1 Å². The van der Waals surface area contributed by atoms with E-state index >= 15 is 0 Å². The number of fused-ring (bicyclic) bond motifs is 1. The molecule has 1 aliphatic rings. The number of aromatic nitrogens is 5. The Labute approximate surface area is 190 Å². The van der Waals surface area contributed by atoms with E-state index in [1.54, 1.807) is 17.5 Å². The van der Waals surface area contributed by atoms with Gasteiger partial charge in [0.1, 0.15) is 0 Å². The SMILES string of the molecule is Cc1ccc(-n2nc(C)c3sc(N4CCC[C@H](C(=O)NCc5cn[nH]c5C)C4)nc32)cc1. The highest BCUT2D eigenvalue weighted by Crippen LogP contribution is 2.34. The van der Waals surface area contributed by atoms with Gasteiger partial charge in [0, 0.05) is 30.9 Å². The summed E-state index contributed by atoms with van der Waals surface area (Å²) < 4.78 is 3.02. The summed E-state index contributed by atoms with van der Waals surface area (Å²) in [4.78, 5) is 20.0. The third kappa shape index (κ3) is 3.88. The number of nitrogens with zero attached hydrogens (tertiary/aromatic N) is 5. The largest absolute Gasteiger partial charge is 0.352 e. The number of aromatic amines is 1. The van der Waals surface area contributed by atoms with Crippen LogP contribution in [0.5, 0.6) is 0 Å². The molecule has 0 saturated carbocycles. The lowest BCUT2D eigenvalue weighted by molar-refractivity contribution is -0.125. The molecule has 4 heterocycles. The second kappa shape index (κ2) is 8.38. The van der Waals surface area contributed by atoms with E-state index in [1.807, 2.05) is 18.5 Å². The van der Waals surface area contributed by atoms with Crippen molar-refractivity contribution in [1.29, 1.82) is 0 Å². The van der Waals surface area contributed by atoms with Crippen molar-refractivity contribution in [2.75, 3.05) is 18.0 Å². The predicted octanol–water partition coefficient (Wildman–Crippen LogP) is 3.66. The molecule has 1 saturated heterocycles. The number of carbonyl (C=O) groups excluding carboxylic acids is 1. The molecule has 9 heteroatoms. The topological polar surface area (TPSA) is 91.7 Å². The van der Waals surface area contributed by atoms with E-state index in [9.17, 15) is 4.79 Å². The predicted molar refractivity (Wildman–Crippen MR) is 126 cm³/mol. The molecule has 1 amide bonds. The maximum absolute atomic E-state index is 12.8. The average molecular weight is 450 g/mol. The van der Waals surface area contributed by atoms with Crippen molar-refractivity contribution >= 4 is 32.7 Å². The number of aryl methyl sites for hydroxylation is 3. The van der Waals surface area contributed by atoms with Crippen LogP contribution in [0, 0.1) is 26.7 Å². The van der Waals surface area contributed by atoms with Gasteiger partial charge in [0.15, 0.2) is 10.8 Å². The fourth-order valence-corrected chi connectivity index (χ4v) is 5.19. The summed E-state index contributed by atoms with van der Waals surface area (Å²) in [7, 11) is 0. The molecule has 32 heavy (non-hydrogen) atoms. The first-order chi connectivity index (χ1) is 15.5. The average Bonchev–Trinajstić information content (AvgIpc) is 3.49. The van der Waals surface area contributed by atoms with Crippen molar-refractivity contribution < 1.29 is 4.79 Å². The molecule has 0 radical (unpaired) electrons. The summed E-state index contributed by atoms with van der Waals surface area (Å²) in [6, 6.07) is 8.32. The Kier molecular flexibility index (Phi) is 5.42. The highest BCUT2D eigenvalue weighted by molar-refractivity contribution is 7.22. The normalized spacial score (nSPS) is 16.6. The number of carbonyl (C=O) groups is 1. The Morgan fingerprint density at radius 3 is 2.81 bits per heavy atom. The number of piperidine rings is 1. The number of thiazole rings is 1. The number of hydrogen-bond donors (Lipinski definition) is 2. The van der Waals surface area contributed by atoms with Gasteiger partial charge in [0.2, 0.25) is 5.91 Å². The third-order valence-electron chi connectivity index (χ3n) is 6.11. The minimum absolute atomic E-state index is 0.0438. The summed E-state index contributed by atoms with van der Waals surface area (Å²) in [5.74, 6) is 0.0519. The van der Waals surface area contributed by atoms with E-state index in [2.05, 4.69) is 51.6 Å². The van der Waals surface area contributed by atoms with Gasteiger partial charge in [-0.25, -0.2) is 4.68 Å². The molecule has 0 aliphatic carbocycles. The lowest BCUT2D eigenvalue weighted by atomic mass is 9.97. The van der Waals surface area contributed by atoms with Gasteiger partial charge in [-0.3, -0.25) is 9.89 Å². The van der Waals surface area contributed by atoms with Crippen molar-refractivity contribution in [3.05, 3.63) is 53.0 Å². The van der Waals surface area contributed by atoms with Crippen LogP contribution in [-0.4, -0.2) is 44.0 Å². The minimum atomic E-state index is -0.0438. The number of H-pyrrole nitrogens is 1. The van der Waals surface area contributed by atoms with Crippen molar-refractivity contribution in [2.24, 2.45) is 5.92 Å². The summed E-state index contributed by atoms with van der Waals surface area (Å²) in [5, 5.41) is 15.7. The van der Waals surface area contributed by atoms with Crippen LogP contribution in [0.15, 0.2) is 30.5 Å². The molecule has 0 bridgehead atoms. The van der Waals surface area contributed by atoms with E-state index < -0.39 is 0 Å². The first-order valence-electron chi connectivity index (χ1n) is 10.9. The molecule has 4 aromatic rings. The highest BCUT2D eigenvalue weighted by Gasteiger charge is 2.28. The molecule has 166 valence electrons. The van der Waals surface area contributed by atoms with Gasteiger partial charge in [0.05, 0.1) is 28.2 Å². The van der Waals surface area contributed by atoms with Gasteiger partial charge in [0.25, 0.3) is 0 Å². The van der Waals surface area contributed by atoms with Crippen LogP contribution in [0.1, 0.15) is 35.4 Å². The van der Waals surface area contributed by atoms with Crippen LogP contribution < -0.4 is 10.2 Å². The first kappa shape index (κ1) is 20.7. The van der Waals surface area contributed by atoms with Crippen molar-refractivity contribution in [2.45, 2.75) is 40.2 Å². The Balaban J connectivity index is 1.33. The fraction of sp³-hybridized carbons (Fsp3) is 0.391. The van der Waals surface area contributed by atoms with Crippen LogP contribution in [0.25, 0.3) is 16.0 Å². The second-order valence-corrected chi connectivity index (χ2v) is 9.48. The number of nitrogens with one attached hydrogen (secondary N) is 2. The summed E-state index contributed by atoms with van der Waals surface area (Å²) in [5.41, 5.74) is 6.10. The standard InChI is InChI=1S/C23H27N7OS/c1-14-6-8-19(9-7-14)30-21-20(16(3)28-30)32-23(26-21)29-10-4-5-17(13-29)22(31)24-11-18-12-25-27-15(18)2/h6-9,12,17H,4-5,10-11,13H2,1-3H3,(H,24,31)(H,25,27)/t17-/m0/s1. The van der Waals surface area contributed by atoms with Gasteiger partial charge in [-0.05, 0) is 45.7 Å². The zero-order chi connectivity index (χ0) is 22.2. The number of hydrogen-bond acceptors (Lipinski definition) is 6. The van der Waals surface area contributed by atoms with Crippen LogP contribution in [0.4, 0.5) is 5.13 Å².